The highest BCUT2D eigenvalue weighted by Gasteiger charge is 1.98. The third-order valence-electron chi connectivity index (χ3n) is 1.69. The Morgan fingerprint density at radius 2 is 2.38 bits per heavy atom. The van der Waals surface area contributed by atoms with Gasteiger partial charge in [-0.3, -0.25) is 4.79 Å². The molecule has 0 spiro atoms. The summed E-state index contributed by atoms with van der Waals surface area (Å²) in [6.45, 7) is 5.62. The van der Waals surface area contributed by atoms with E-state index in [4.69, 9.17) is 0 Å². The molecule has 0 aliphatic rings. The number of carbonyl (C=O) groups is 1. The Hall–Kier alpha value is -1.20. The van der Waals surface area contributed by atoms with Crippen LogP contribution < -0.4 is 5.32 Å². The lowest BCUT2D eigenvalue weighted by molar-refractivity contribution is -0.104. The average molecular weight is 299 g/mol. The van der Waals surface area contributed by atoms with Gasteiger partial charge in [0.2, 0.25) is 0 Å². The maximum absolute atomic E-state index is 10.5. The van der Waals surface area contributed by atoms with E-state index in [1.807, 2.05) is 6.92 Å². The second-order valence-electron chi connectivity index (χ2n) is 2.86. The lowest BCUT2D eigenvalue weighted by Gasteiger charge is -1.99. The number of allylic oxidation sites excluding steroid dienone is 4. The van der Waals surface area contributed by atoms with Crippen LogP contribution in [-0.2, 0) is 4.79 Å². The van der Waals surface area contributed by atoms with Crippen LogP contribution in [-0.4, -0.2) is 11.3 Å². The predicted octanol–water partition coefficient (Wildman–Crippen LogP) is 3.53. The largest absolute Gasteiger partial charge is 0.332 e. The summed E-state index contributed by atoms with van der Waals surface area (Å²) in [6, 6.07) is 0. The highest BCUT2D eigenvalue weighted by Crippen LogP contribution is 2.24. The van der Waals surface area contributed by atoms with E-state index >= 15 is 0 Å². The number of rotatable bonds is 5. The van der Waals surface area contributed by atoms with Crippen molar-refractivity contribution in [3.63, 3.8) is 0 Å². The number of aromatic nitrogens is 1. The van der Waals surface area contributed by atoms with Crippen molar-refractivity contribution in [1.29, 1.82) is 0 Å². The van der Waals surface area contributed by atoms with Crippen molar-refractivity contribution in [2.24, 2.45) is 0 Å². The van der Waals surface area contributed by atoms with Gasteiger partial charge in [0.05, 0.1) is 9.98 Å². The number of halogens is 1. The first-order valence-electron chi connectivity index (χ1n) is 4.52. The summed E-state index contributed by atoms with van der Waals surface area (Å²) < 4.78 is 0.953. The van der Waals surface area contributed by atoms with Crippen LogP contribution in [0.2, 0.25) is 0 Å². The Balaban J connectivity index is 2.57. The molecule has 0 amide bonds. The van der Waals surface area contributed by atoms with Crippen molar-refractivity contribution >= 4 is 38.7 Å². The Morgan fingerprint density at radius 3 is 2.88 bits per heavy atom. The summed E-state index contributed by atoms with van der Waals surface area (Å²) in [6.07, 6.45) is 7.68. The van der Waals surface area contributed by atoms with Gasteiger partial charge < -0.3 is 5.32 Å². The van der Waals surface area contributed by atoms with Gasteiger partial charge in [-0.1, -0.05) is 30.1 Å². The number of nitrogens with one attached hydrogen (secondary N) is 1. The van der Waals surface area contributed by atoms with E-state index in [0.29, 0.717) is 11.3 Å². The van der Waals surface area contributed by atoms with Gasteiger partial charge in [0.1, 0.15) is 6.29 Å². The molecule has 84 valence electrons. The lowest BCUT2D eigenvalue weighted by atomic mass is 10.2. The number of aldehydes is 1. The molecule has 0 unspecified atom stereocenters. The normalized spacial score (nSPS) is 11.8. The monoisotopic (exact) mass is 298 g/mol. The zero-order valence-electron chi connectivity index (χ0n) is 8.74. The molecule has 0 aliphatic carbocycles. The molecule has 1 aromatic heterocycles. The van der Waals surface area contributed by atoms with E-state index in [2.05, 4.69) is 32.8 Å². The zero-order chi connectivity index (χ0) is 12.0. The van der Waals surface area contributed by atoms with Crippen LogP contribution >= 0.6 is 27.3 Å². The number of thiazole rings is 1. The minimum absolute atomic E-state index is 0.614. The van der Waals surface area contributed by atoms with Gasteiger partial charge in [0, 0.05) is 11.3 Å². The second kappa shape index (κ2) is 6.40. The molecule has 0 saturated heterocycles. The van der Waals surface area contributed by atoms with Gasteiger partial charge in [0.25, 0.3) is 0 Å². The standard InChI is InChI=1S/C11H11BrN2OS/c1-3-9(7-15)5-4-8(2)14-11-13-6-10(12)16-11/h3-7H,2H2,1H3,(H,13,14)/b5-4-,9-3+. The molecule has 5 heteroatoms. The molecule has 16 heavy (non-hydrogen) atoms. The van der Waals surface area contributed by atoms with Gasteiger partial charge in [0.15, 0.2) is 5.13 Å². The van der Waals surface area contributed by atoms with Gasteiger partial charge >= 0.3 is 0 Å². The fourth-order valence-corrected chi connectivity index (χ4v) is 2.03. The molecule has 1 rings (SSSR count). The summed E-state index contributed by atoms with van der Waals surface area (Å²) in [5, 5.41) is 3.78. The SMILES string of the molecule is C=C(/C=C\C(C=O)=C/C)Nc1ncc(Br)s1. The molecular weight excluding hydrogens is 288 g/mol. The van der Waals surface area contributed by atoms with E-state index in [0.717, 1.165) is 15.2 Å². The summed E-state index contributed by atoms with van der Waals surface area (Å²) >= 11 is 4.80. The summed E-state index contributed by atoms with van der Waals surface area (Å²) in [5.74, 6) is 0. The smallest absolute Gasteiger partial charge is 0.188 e. The van der Waals surface area contributed by atoms with Crippen LogP contribution in [0, 0.1) is 0 Å². The number of hydrogen-bond donors (Lipinski definition) is 1. The van der Waals surface area contributed by atoms with Crippen molar-refractivity contribution in [2.75, 3.05) is 5.32 Å². The van der Waals surface area contributed by atoms with Gasteiger partial charge in [-0.2, -0.15) is 0 Å². The van der Waals surface area contributed by atoms with Crippen LogP contribution in [0.5, 0.6) is 0 Å². The van der Waals surface area contributed by atoms with Gasteiger partial charge in [-0.15, -0.1) is 0 Å². The third-order valence-corrected chi connectivity index (χ3v) is 3.08. The first-order valence-corrected chi connectivity index (χ1v) is 6.13. The molecule has 0 fully saturated rings. The number of anilines is 1. The molecule has 0 saturated carbocycles. The van der Waals surface area contributed by atoms with E-state index in [1.165, 1.54) is 11.3 Å². The quantitative estimate of drug-likeness (QED) is 0.514. The third kappa shape index (κ3) is 4.12. The first kappa shape index (κ1) is 12.9. The minimum atomic E-state index is 0.614. The van der Waals surface area contributed by atoms with Crippen LogP contribution in [0.15, 0.2) is 46.1 Å². The van der Waals surface area contributed by atoms with Gasteiger partial charge in [-0.25, -0.2) is 4.98 Å². The highest BCUT2D eigenvalue weighted by molar-refractivity contribution is 9.11. The fraction of sp³-hybridized carbons (Fsp3) is 0.0909. The maximum Gasteiger partial charge on any atom is 0.188 e. The number of hydrogen-bond acceptors (Lipinski definition) is 4. The Bertz CT molecular complexity index is 449. The molecule has 1 N–H and O–H groups in total. The summed E-state index contributed by atoms with van der Waals surface area (Å²) in [4.78, 5) is 14.6. The van der Waals surface area contributed by atoms with Gasteiger partial charge in [-0.05, 0) is 28.9 Å². The van der Waals surface area contributed by atoms with Crippen LogP contribution in [0.25, 0.3) is 0 Å². The summed E-state index contributed by atoms with van der Waals surface area (Å²) in [5.41, 5.74) is 1.30. The number of nitrogens with zero attached hydrogens (tertiary/aromatic N) is 1. The molecule has 0 aliphatic heterocycles. The van der Waals surface area contributed by atoms with E-state index < -0.39 is 0 Å². The van der Waals surface area contributed by atoms with Crippen LogP contribution in [0.3, 0.4) is 0 Å². The predicted molar refractivity (Wildman–Crippen MR) is 71.5 cm³/mol. The van der Waals surface area contributed by atoms with Crippen LogP contribution in [0.4, 0.5) is 5.13 Å². The Kier molecular flexibility index (Phi) is 5.14. The average Bonchev–Trinajstić information content (AvgIpc) is 2.65. The molecule has 0 atom stereocenters. The van der Waals surface area contributed by atoms with Crippen molar-refractivity contribution in [2.45, 2.75) is 6.92 Å². The lowest BCUT2D eigenvalue weighted by Crippen LogP contribution is -1.94. The van der Waals surface area contributed by atoms with Crippen LogP contribution in [0.1, 0.15) is 6.92 Å². The molecular formula is C11H11BrN2OS. The molecule has 1 heterocycles. The maximum atomic E-state index is 10.5. The molecule has 0 bridgehead atoms. The zero-order valence-corrected chi connectivity index (χ0v) is 11.1. The summed E-state index contributed by atoms with van der Waals surface area (Å²) in [7, 11) is 0. The first-order chi connectivity index (χ1) is 7.65. The Morgan fingerprint density at radius 1 is 1.62 bits per heavy atom. The Labute approximate surface area is 107 Å². The van der Waals surface area contributed by atoms with E-state index in [-0.39, 0.29) is 0 Å². The molecule has 1 aromatic rings. The van der Waals surface area contributed by atoms with Crippen molar-refractivity contribution in [1.82, 2.24) is 4.98 Å². The second-order valence-corrected chi connectivity index (χ2v) is 5.27. The molecule has 0 radical (unpaired) electrons. The molecule has 0 aromatic carbocycles. The van der Waals surface area contributed by atoms with Crippen molar-refractivity contribution < 1.29 is 4.79 Å². The van der Waals surface area contributed by atoms with E-state index in [9.17, 15) is 4.79 Å². The number of carbonyl (C=O) groups excluding carboxylic acids is 1. The highest BCUT2D eigenvalue weighted by atomic mass is 79.9. The fourth-order valence-electron chi connectivity index (χ4n) is 0.892. The van der Waals surface area contributed by atoms with Crippen molar-refractivity contribution in [3.8, 4) is 0 Å². The van der Waals surface area contributed by atoms with Crippen molar-refractivity contribution in [3.05, 3.63) is 46.1 Å². The molecule has 3 nitrogen and oxygen atoms in total. The minimum Gasteiger partial charge on any atom is -0.332 e. The van der Waals surface area contributed by atoms with E-state index in [1.54, 1.807) is 24.4 Å². The topological polar surface area (TPSA) is 42.0 Å².